The number of fused-ring (bicyclic) bond motifs is 1. The number of aromatic nitrogens is 2. The lowest BCUT2D eigenvalue weighted by atomic mass is 9.99. The van der Waals surface area contributed by atoms with Gasteiger partial charge in [0.2, 0.25) is 0 Å². The van der Waals surface area contributed by atoms with Gasteiger partial charge in [0.05, 0.1) is 5.39 Å². The minimum absolute atomic E-state index is 0.518. The Kier molecular flexibility index (Phi) is 6.18. The van der Waals surface area contributed by atoms with Gasteiger partial charge in [-0.15, -0.1) is 11.3 Å². The van der Waals surface area contributed by atoms with Crippen molar-refractivity contribution >= 4 is 27.4 Å². The van der Waals surface area contributed by atoms with Crippen LogP contribution in [0.25, 0.3) is 21.3 Å². The molecule has 33 heavy (non-hydrogen) atoms. The van der Waals surface area contributed by atoms with Gasteiger partial charge >= 0.3 is 0 Å². The van der Waals surface area contributed by atoms with Crippen LogP contribution in [0.5, 0.6) is 0 Å². The second kappa shape index (κ2) is 9.55. The number of hydrogen-bond acceptors (Lipinski definition) is 4. The van der Waals surface area contributed by atoms with Crippen LogP contribution in [0.2, 0.25) is 0 Å². The fraction of sp³-hybridized carbons (Fsp3) is 0.172. The smallest absolute Gasteiger partial charge is 0.142 e. The monoisotopic (exact) mass is 449 g/mol. The molecule has 0 N–H and O–H groups in total. The first-order valence-corrected chi connectivity index (χ1v) is 12.2. The van der Waals surface area contributed by atoms with Gasteiger partial charge in [-0.1, -0.05) is 98.8 Å². The number of benzene rings is 3. The molecule has 3 aromatic carbocycles. The first-order valence-electron chi connectivity index (χ1n) is 11.3. The average molecular weight is 450 g/mol. The Morgan fingerprint density at radius 3 is 1.94 bits per heavy atom. The van der Waals surface area contributed by atoms with Crippen LogP contribution in [-0.2, 0) is 13.1 Å². The van der Waals surface area contributed by atoms with Gasteiger partial charge in [0.1, 0.15) is 17.0 Å². The molecular formula is C29H27N3S. The summed E-state index contributed by atoms with van der Waals surface area (Å²) >= 11 is 1.69. The van der Waals surface area contributed by atoms with Crippen molar-refractivity contribution in [3.63, 3.8) is 0 Å². The fourth-order valence-corrected chi connectivity index (χ4v) is 5.08. The van der Waals surface area contributed by atoms with Crippen LogP contribution in [0.3, 0.4) is 0 Å². The highest BCUT2D eigenvalue weighted by Gasteiger charge is 2.19. The third-order valence-electron chi connectivity index (χ3n) is 5.97. The number of nitrogens with zero attached hydrogens (tertiary/aromatic N) is 3. The zero-order valence-corrected chi connectivity index (χ0v) is 19.8. The van der Waals surface area contributed by atoms with Crippen LogP contribution >= 0.6 is 11.3 Å². The number of rotatable bonds is 7. The molecule has 4 heteroatoms. The Morgan fingerprint density at radius 2 is 1.36 bits per heavy atom. The molecule has 0 bridgehead atoms. The molecule has 0 saturated heterocycles. The van der Waals surface area contributed by atoms with Crippen molar-refractivity contribution in [2.75, 3.05) is 4.90 Å². The Bertz CT molecular complexity index is 1280. The molecule has 0 fully saturated rings. The molecule has 3 nitrogen and oxygen atoms in total. The van der Waals surface area contributed by atoms with Crippen molar-refractivity contribution < 1.29 is 0 Å². The van der Waals surface area contributed by atoms with Gasteiger partial charge in [-0.25, -0.2) is 9.97 Å². The first-order chi connectivity index (χ1) is 16.2. The third-order valence-corrected chi connectivity index (χ3v) is 6.86. The Labute approximate surface area is 199 Å². The summed E-state index contributed by atoms with van der Waals surface area (Å²) in [6.07, 6.45) is 1.70. The minimum atomic E-state index is 0.518. The highest BCUT2D eigenvalue weighted by Crippen LogP contribution is 2.39. The van der Waals surface area contributed by atoms with E-state index < -0.39 is 0 Å². The van der Waals surface area contributed by atoms with Crippen molar-refractivity contribution in [3.05, 3.63) is 113 Å². The van der Waals surface area contributed by atoms with Gasteiger partial charge < -0.3 is 4.90 Å². The van der Waals surface area contributed by atoms with Crippen molar-refractivity contribution in [3.8, 4) is 11.1 Å². The summed E-state index contributed by atoms with van der Waals surface area (Å²) < 4.78 is 0. The molecule has 0 radical (unpaired) electrons. The van der Waals surface area contributed by atoms with Gasteiger partial charge in [0, 0.05) is 24.0 Å². The minimum Gasteiger partial charge on any atom is -0.347 e. The molecule has 0 aliphatic heterocycles. The maximum absolute atomic E-state index is 4.83. The molecule has 0 unspecified atom stereocenters. The Balaban J connectivity index is 1.61. The highest BCUT2D eigenvalue weighted by atomic mass is 32.1. The second-order valence-electron chi connectivity index (χ2n) is 8.63. The number of hydrogen-bond donors (Lipinski definition) is 0. The van der Waals surface area contributed by atoms with E-state index in [1.165, 1.54) is 27.8 Å². The lowest BCUT2D eigenvalue weighted by molar-refractivity contribution is 0.786. The SMILES string of the molecule is CC(C)c1ccc(-c2csc3ncnc(N(Cc4ccccc4)Cc4ccccc4)c23)cc1. The van der Waals surface area contributed by atoms with Crippen molar-refractivity contribution in [1.82, 2.24) is 9.97 Å². The van der Waals surface area contributed by atoms with E-state index in [2.05, 4.69) is 114 Å². The van der Waals surface area contributed by atoms with E-state index in [1.54, 1.807) is 17.7 Å². The largest absolute Gasteiger partial charge is 0.347 e. The van der Waals surface area contributed by atoms with Gasteiger partial charge in [0.25, 0.3) is 0 Å². The molecule has 5 aromatic rings. The van der Waals surface area contributed by atoms with Crippen LogP contribution in [0, 0.1) is 0 Å². The molecule has 0 aliphatic rings. The Hall–Kier alpha value is -3.50. The van der Waals surface area contributed by atoms with E-state index >= 15 is 0 Å². The lowest BCUT2D eigenvalue weighted by Crippen LogP contribution is -2.23. The highest BCUT2D eigenvalue weighted by molar-refractivity contribution is 7.17. The van der Waals surface area contributed by atoms with Crippen molar-refractivity contribution in [1.29, 1.82) is 0 Å². The summed E-state index contributed by atoms with van der Waals surface area (Å²) in [5.41, 5.74) is 6.29. The molecule has 0 spiro atoms. The van der Waals surface area contributed by atoms with E-state index in [0.717, 1.165) is 29.1 Å². The van der Waals surface area contributed by atoms with Crippen LogP contribution in [0.4, 0.5) is 5.82 Å². The number of thiophene rings is 1. The third kappa shape index (κ3) is 4.67. The predicted octanol–water partition coefficient (Wildman–Crippen LogP) is 7.69. The molecule has 2 heterocycles. The Morgan fingerprint density at radius 1 is 0.758 bits per heavy atom. The molecular weight excluding hydrogens is 422 g/mol. The summed E-state index contributed by atoms with van der Waals surface area (Å²) in [6.45, 7) is 6.02. The van der Waals surface area contributed by atoms with E-state index in [9.17, 15) is 0 Å². The molecule has 0 amide bonds. The zero-order valence-electron chi connectivity index (χ0n) is 19.0. The predicted molar refractivity (Wildman–Crippen MR) is 140 cm³/mol. The van der Waals surface area contributed by atoms with Crippen LogP contribution in [-0.4, -0.2) is 9.97 Å². The molecule has 0 aliphatic carbocycles. The van der Waals surface area contributed by atoms with Crippen LogP contribution in [0.1, 0.15) is 36.5 Å². The molecule has 5 rings (SSSR count). The molecule has 0 saturated carbocycles. The fourth-order valence-electron chi connectivity index (χ4n) is 4.17. The summed E-state index contributed by atoms with van der Waals surface area (Å²) in [7, 11) is 0. The van der Waals surface area contributed by atoms with E-state index in [4.69, 9.17) is 4.98 Å². The summed E-state index contributed by atoms with van der Waals surface area (Å²) in [5, 5.41) is 3.35. The van der Waals surface area contributed by atoms with Crippen molar-refractivity contribution in [2.45, 2.75) is 32.9 Å². The number of anilines is 1. The molecule has 0 atom stereocenters. The van der Waals surface area contributed by atoms with E-state index in [1.807, 2.05) is 0 Å². The first kappa shape index (κ1) is 21.4. The van der Waals surface area contributed by atoms with Crippen LogP contribution in [0.15, 0.2) is 96.6 Å². The maximum atomic E-state index is 4.83. The lowest BCUT2D eigenvalue weighted by Gasteiger charge is -2.25. The summed E-state index contributed by atoms with van der Waals surface area (Å²) in [5.74, 6) is 1.50. The summed E-state index contributed by atoms with van der Waals surface area (Å²) in [6, 6.07) is 30.1. The van der Waals surface area contributed by atoms with Gasteiger partial charge in [0.15, 0.2) is 0 Å². The molecule has 164 valence electrons. The normalized spacial score (nSPS) is 11.2. The standard InChI is InChI=1S/C29H27N3S/c1-21(2)24-13-15-25(16-14-24)26-19-33-29-27(26)28(30-20-31-29)32(17-22-9-5-3-6-10-22)18-23-11-7-4-8-12-23/h3-16,19-21H,17-18H2,1-2H3. The van der Waals surface area contributed by atoms with Gasteiger partial charge in [-0.2, -0.15) is 0 Å². The van der Waals surface area contributed by atoms with Crippen LogP contribution < -0.4 is 4.90 Å². The maximum Gasteiger partial charge on any atom is 0.142 e. The zero-order chi connectivity index (χ0) is 22.6. The van der Waals surface area contributed by atoms with Crippen molar-refractivity contribution in [2.24, 2.45) is 0 Å². The quantitative estimate of drug-likeness (QED) is 0.255. The van der Waals surface area contributed by atoms with E-state index in [-0.39, 0.29) is 0 Å². The molecule has 2 aromatic heterocycles. The summed E-state index contributed by atoms with van der Waals surface area (Å²) in [4.78, 5) is 12.8. The average Bonchev–Trinajstić information content (AvgIpc) is 3.29. The topological polar surface area (TPSA) is 29.0 Å². The second-order valence-corrected chi connectivity index (χ2v) is 9.49. The van der Waals surface area contributed by atoms with Gasteiger partial charge in [-0.05, 0) is 28.2 Å². The van der Waals surface area contributed by atoms with E-state index in [0.29, 0.717) is 5.92 Å². The van der Waals surface area contributed by atoms with Gasteiger partial charge in [-0.3, -0.25) is 0 Å².